The standard InChI is InChI=1S/C16H16FN3O2/c1-11-12-5-2-6-13(17)15(12)22-14(11)16(21)18-7-3-9-20-10-4-8-19-20/h2,4-6,8,10H,3,7,9H2,1H3,(H,18,21). The van der Waals surface area contributed by atoms with Gasteiger partial charge in [-0.1, -0.05) is 12.1 Å². The fraction of sp³-hybridized carbons (Fsp3) is 0.250. The molecule has 0 saturated heterocycles. The van der Waals surface area contributed by atoms with Crippen LogP contribution in [0, 0.1) is 12.7 Å². The average molecular weight is 301 g/mol. The summed E-state index contributed by atoms with van der Waals surface area (Å²) < 4.78 is 20.9. The van der Waals surface area contributed by atoms with Crippen molar-refractivity contribution in [1.29, 1.82) is 0 Å². The molecule has 0 aliphatic carbocycles. The van der Waals surface area contributed by atoms with Gasteiger partial charge in [-0.3, -0.25) is 9.48 Å². The number of hydrogen-bond acceptors (Lipinski definition) is 3. The van der Waals surface area contributed by atoms with Gasteiger partial charge in [0.2, 0.25) is 0 Å². The maximum atomic E-state index is 13.7. The number of rotatable bonds is 5. The van der Waals surface area contributed by atoms with E-state index in [1.54, 1.807) is 29.9 Å². The van der Waals surface area contributed by atoms with E-state index in [9.17, 15) is 9.18 Å². The summed E-state index contributed by atoms with van der Waals surface area (Å²) in [6.07, 6.45) is 4.33. The number of furan rings is 1. The van der Waals surface area contributed by atoms with Crippen molar-refractivity contribution in [2.45, 2.75) is 19.9 Å². The highest BCUT2D eigenvalue weighted by Gasteiger charge is 2.18. The van der Waals surface area contributed by atoms with Crippen molar-refractivity contribution in [2.24, 2.45) is 0 Å². The highest BCUT2D eigenvalue weighted by Crippen LogP contribution is 2.27. The second kappa shape index (κ2) is 6.01. The van der Waals surface area contributed by atoms with Crippen LogP contribution in [0.3, 0.4) is 0 Å². The summed E-state index contributed by atoms with van der Waals surface area (Å²) in [6, 6.07) is 6.51. The number of aromatic nitrogens is 2. The molecule has 0 radical (unpaired) electrons. The molecule has 0 saturated carbocycles. The lowest BCUT2D eigenvalue weighted by Gasteiger charge is -2.04. The van der Waals surface area contributed by atoms with Crippen molar-refractivity contribution in [3.63, 3.8) is 0 Å². The number of halogens is 1. The SMILES string of the molecule is Cc1c(C(=O)NCCCn2cccn2)oc2c(F)cccc12. The monoisotopic (exact) mass is 301 g/mol. The summed E-state index contributed by atoms with van der Waals surface area (Å²) in [6.45, 7) is 2.97. The summed E-state index contributed by atoms with van der Waals surface area (Å²) in [7, 11) is 0. The minimum atomic E-state index is -0.460. The number of carbonyl (C=O) groups is 1. The molecule has 2 heterocycles. The Morgan fingerprint density at radius 3 is 3.00 bits per heavy atom. The van der Waals surface area contributed by atoms with Gasteiger partial charge in [-0.15, -0.1) is 0 Å². The maximum Gasteiger partial charge on any atom is 0.287 e. The summed E-state index contributed by atoms with van der Waals surface area (Å²) in [5.41, 5.74) is 0.778. The fourth-order valence-corrected chi connectivity index (χ4v) is 2.38. The van der Waals surface area contributed by atoms with Gasteiger partial charge in [-0.2, -0.15) is 5.10 Å². The number of amides is 1. The molecule has 114 valence electrons. The molecular weight excluding hydrogens is 285 g/mol. The Labute approximate surface area is 126 Å². The van der Waals surface area contributed by atoms with Crippen LogP contribution in [0.2, 0.25) is 0 Å². The summed E-state index contributed by atoms with van der Waals surface area (Å²) in [4.78, 5) is 12.2. The lowest BCUT2D eigenvalue weighted by Crippen LogP contribution is -2.25. The molecule has 0 atom stereocenters. The Kier molecular flexibility index (Phi) is 3.91. The zero-order valence-electron chi connectivity index (χ0n) is 12.2. The van der Waals surface area contributed by atoms with E-state index < -0.39 is 5.82 Å². The lowest BCUT2D eigenvalue weighted by molar-refractivity contribution is 0.0926. The molecule has 0 fully saturated rings. The van der Waals surface area contributed by atoms with E-state index in [4.69, 9.17) is 4.42 Å². The molecule has 0 aliphatic heterocycles. The van der Waals surface area contributed by atoms with Crippen LogP contribution in [0.15, 0.2) is 41.1 Å². The van der Waals surface area contributed by atoms with Crippen molar-refractivity contribution in [2.75, 3.05) is 6.54 Å². The van der Waals surface area contributed by atoms with Gasteiger partial charge >= 0.3 is 0 Å². The Morgan fingerprint density at radius 1 is 1.41 bits per heavy atom. The van der Waals surface area contributed by atoms with Gasteiger partial charge in [0.1, 0.15) is 0 Å². The van der Waals surface area contributed by atoms with Crippen molar-refractivity contribution in [3.8, 4) is 0 Å². The van der Waals surface area contributed by atoms with Gasteiger partial charge in [0.05, 0.1) is 0 Å². The van der Waals surface area contributed by atoms with E-state index in [0.717, 1.165) is 13.0 Å². The van der Waals surface area contributed by atoms with Gasteiger partial charge in [0.25, 0.3) is 5.91 Å². The van der Waals surface area contributed by atoms with E-state index in [1.807, 2.05) is 12.3 Å². The Morgan fingerprint density at radius 2 is 2.27 bits per heavy atom. The van der Waals surface area contributed by atoms with Crippen LogP contribution in [0.25, 0.3) is 11.0 Å². The first-order chi connectivity index (χ1) is 10.7. The molecule has 0 spiro atoms. The lowest BCUT2D eigenvalue weighted by atomic mass is 10.1. The molecule has 5 nitrogen and oxygen atoms in total. The highest BCUT2D eigenvalue weighted by molar-refractivity contribution is 5.98. The first kappa shape index (κ1) is 14.3. The fourth-order valence-electron chi connectivity index (χ4n) is 2.38. The zero-order chi connectivity index (χ0) is 15.5. The van der Waals surface area contributed by atoms with Crippen molar-refractivity contribution >= 4 is 16.9 Å². The van der Waals surface area contributed by atoms with Crippen LogP contribution >= 0.6 is 0 Å². The predicted molar refractivity (Wildman–Crippen MR) is 80.1 cm³/mol. The number of carbonyl (C=O) groups excluding carboxylic acids is 1. The molecule has 3 rings (SSSR count). The predicted octanol–water partition coefficient (Wildman–Crippen LogP) is 2.90. The molecule has 0 unspecified atom stereocenters. The third-order valence-corrected chi connectivity index (χ3v) is 3.53. The molecule has 6 heteroatoms. The average Bonchev–Trinajstić information content (AvgIpc) is 3.13. The van der Waals surface area contributed by atoms with Gasteiger partial charge < -0.3 is 9.73 Å². The Hall–Kier alpha value is -2.63. The van der Waals surface area contributed by atoms with Crippen LogP contribution in [0.5, 0.6) is 0 Å². The number of aryl methyl sites for hydroxylation is 2. The second-order valence-electron chi connectivity index (χ2n) is 5.05. The first-order valence-corrected chi connectivity index (χ1v) is 7.10. The van der Waals surface area contributed by atoms with Crippen LogP contribution < -0.4 is 5.32 Å². The smallest absolute Gasteiger partial charge is 0.287 e. The van der Waals surface area contributed by atoms with Crippen LogP contribution in [0.1, 0.15) is 22.5 Å². The van der Waals surface area contributed by atoms with Crippen molar-refractivity contribution in [1.82, 2.24) is 15.1 Å². The van der Waals surface area contributed by atoms with Gasteiger partial charge in [0.15, 0.2) is 17.2 Å². The molecule has 1 aromatic carbocycles. The van der Waals surface area contributed by atoms with E-state index in [2.05, 4.69) is 10.4 Å². The van der Waals surface area contributed by atoms with Gasteiger partial charge in [0, 0.05) is 36.4 Å². The minimum Gasteiger partial charge on any atom is -0.448 e. The molecule has 22 heavy (non-hydrogen) atoms. The normalized spacial score (nSPS) is 11.0. The number of benzene rings is 1. The van der Waals surface area contributed by atoms with E-state index in [0.29, 0.717) is 17.5 Å². The molecule has 2 aromatic heterocycles. The van der Waals surface area contributed by atoms with Crippen LogP contribution in [0.4, 0.5) is 4.39 Å². The Balaban J connectivity index is 1.65. The van der Waals surface area contributed by atoms with Crippen LogP contribution in [-0.2, 0) is 6.54 Å². The summed E-state index contributed by atoms with van der Waals surface area (Å²) >= 11 is 0. The molecule has 0 bridgehead atoms. The zero-order valence-corrected chi connectivity index (χ0v) is 12.2. The van der Waals surface area contributed by atoms with Gasteiger partial charge in [-0.05, 0) is 25.5 Å². The maximum absolute atomic E-state index is 13.7. The number of fused-ring (bicyclic) bond motifs is 1. The first-order valence-electron chi connectivity index (χ1n) is 7.10. The second-order valence-corrected chi connectivity index (χ2v) is 5.05. The quantitative estimate of drug-likeness (QED) is 0.737. The van der Waals surface area contributed by atoms with Gasteiger partial charge in [-0.25, -0.2) is 4.39 Å². The number of nitrogens with zero attached hydrogens (tertiary/aromatic N) is 2. The molecule has 3 aromatic rings. The topological polar surface area (TPSA) is 60.1 Å². The van der Waals surface area contributed by atoms with Crippen LogP contribution in [-0.4, -0.2) is 22.2 Å². The highest BCUT2D eigenvalue weighted by atomic mass is 19.1. The minimum absolute atomic E-state index is 0.127. The van der Waals surface area contributed by atoms with E-state index >= 15 is 0 Å². The Bertz CT molecular complexity index is 793. The third-order valence-electron chi connectivity index (χ3n) is 3.53. The third kappa shape index (κ3) is 2.72. The number of nitrogens with one attached hydrogen (secondary N) is 1. The van der Waals surface area contributed by atoms with E-state index in [-0.39, 0.29) is 17.3 Å². The van der Waals surface area contributed by atoms with E-state index in [1.165, 1.54) is 6.07 Å². The molecule has 1 N–H and O–H groups in total. The van der Waals surface area contributed by atoms with Crippen molar-refractivity contribution < 1.29 is 13.6 Å². The molecular formula is C16H16FN3O2. The summed E-state index contributed by atoms with van der Waals surface area (Å²) in [5, 5.41) is 7.50. The molecule has 0 aliphatic rings. The van der Waals surface area contributed by atoms with Crippen molar-refractivity contribution in [3.05, 3.63) is 53.8 Å². The number of para-hydroxylation sites is 1. The number of hydrogen-bond donors (Lipinski definition) is 1. The summed E-state index contributed by atoms with van der Waals surface area (Å²) in [5.74, 6) is -0.619. The molecule has 1 amide bonds. The largest absolute Gasteiger partial charge is 0.448 e.